The van der Waals surface area contributed by atoms with Crippen LogP contribution in [0.2, 0.25) is 0 Å². The third kappa shape index (κ3) is 5.64. The lowest BCUT2D eigenvalue weighted by molar-refractivity contribution is -0.154. The molecule has 41 heavy (non-hydrogen) atoms. The van der Waals surface area contributed by atoms with Crippen LogP contribution in [0.25, 0.3) is 0 Å². The van der Waals surface area contributed by atoms with Crippen LogP contribution in [0, 0.1) is 0 Å². The van der Waals surface area contributed by atoms with Gasteiger partial charge in [0.1, 0.15) is 0 Å². The van der Waals surface area contributed by atoms with Crippen LogP contribution < -0.4 is 10.6 Å². The maximum Gasteiger partial charge on any atom is 0.0969 e. The van der Waals surface area contributed by atoms with E-state index in [4.69, 9.17) is 4.74 Å². The lowest BCUT2D eigenvalue weighted by Crippen LogP contribution is -2.61. The van der Waals surface area contributed by atoms with Gasteiger partial charge >= 0.3 is 0 Å². The molecule has 4 aromatic carbocycles. The standard InChI is InChI=1S/C38H44N2O/c1-5-25-9-17-29(18-10-25)33-37-34(30-19-11-26(6-2)12-20-30)40-36(32-23-15-28(8-4)16-24-32)38(41-37)35(39-33)31-21-13-27(7-3)14-22-31/h9-24,33-40H,5-8H2,1-4H3. The van der Waals surface area contributed by atoms with E-state index in [1.54, 1.807) is 0 Å². The summed E-state index contributed by atoms with van der Waals surface area (Å²) >= 11 is 0. The number of morpholine rings is 2. The van der Waals surface area contributed by atoms with E-state index < -0.39 is 0 Å². The van der Waals surface area contributed by atoms with Crippen molar-refractivity contribution in [1.82, 2.24) is 10.6 Å². The molecule has 2 saturated heterocycles. The summed E-state index contributed by atoms with van der Waals surface area (Å²) in [6, 6.07) is 36.8. The van der Waals surface area contributed by atoms with Crippen LogP contribution in [0.1, 0.15) is 96.4 Å². The van der Waals surface area contributed by atoms with Crippen molar-refractivity contribution in [3.8, 4) is 0 Å². The molecule has 3 nitrogen and oxygen atoms in total. The molecule has 4 unspecified atom stereocenters. The van der Waals surface area contributed by atoms with Crippen LogP contribution >= 0.6 is 0 Å². The first-order chi connectivity index (χ1) is 20.1. The minimum Gasteiger partial charge on any atom is -0.367 e. The Bertz CT molecular complexity index is 1190. The van der Waals surface area contributed by atoms with E-state index in [0.717, 1.165) is 25.7 Å². The first-order valence-electron chi connectivity index (χ1n) is 15.6. The Labute approximate surface area is 246 Å². The topological polar surface area (TPSA) is 33.3 Å². The van der Waals surface area contributed by atoms with E-state index in [1.807, 2.05) is 0 Å². The van der Waals surface area contributed by atoms with Gasteiger partial charge in [-0.2, -0.15) is 0 Å². The number of fused-ring (bicyclic) bond motifs is 2. The summed E-state index contributed by atoms with van der Waals surface area (Å²) in [5.74, 6) is 0. The smallest absolute Gasteiger partial charge is 0.0969 e. The predicted molar refractivity (Wildman–Crippen MR) is 169 cm³/mol. The molecule has 0 saturated carbocycles. The molecule has 212 valence electrons. The average molecular weight is 545 g/mol. The number of hydrogen-bond acceptors (Lipinski definition) is 3. The molecule has 0 aliphatic carbocycles. The number of ether oxygens (including phenoxy) is 1. The van der Waals surface area contributed by atoms with Gasteiger partial charge in [-0.1, -0.05) is 125 Å². The molecular weight excluding hydrogens is 500 g/mol. The number of rotatable bonds is 8. The average Bonchev–Trinajstić information content (AvgIpc) is 3.05. The minimum atomic E-state index is -0.0442. The largest absolute Gasteiger partial charge is 0.367 e. The molecule has 0 radical (unpaired) electrons. The summed E-state index contributed by atoms with van der Waals surface area (Å²) in [6.45, 7) is 8.86. The van der Waals surface area contributed by atoms with E-state index in [9.17, 15) is 0 Å². The maximum atomic E-state index is 7.29. The second kappa shape index (κ2) is 12.3. The molecule has 2 N–H and O–H groups in total. The molecule has 2 aliphatic rings. The van der Waals surface area contributed by atoms with Crippen molar-refractivity contribution in [2.75, 3.05) is 0 Å². The van der Waals surface area contributed by atoms with Crippen LogP contribution in [-0.2, 0) is 30.4 Å². The predicted octanol–water partition coefficient (Wildman–Crippen LogP) is 8.16. The molecule has 0 amide bonds. The second-order valence-electron chi connectivity index (χ2n) is 11.7. The van der Waals surface area contributed by atoms with Crippen LogP contribution in [0.3, 0.4) is 0 Å². The van der Waals surface area contributed by atoms with Crippen molar-refractivity contribution in [3.05, 3.63) is 142 Å². The second-order valence-corrected chi connectivity index (χ2v) is 11.7. The first kappa shape index (κ1) is 27.9. The molecule has 3 heteroatoms. The van der Waals surface area contributed by atoms with Gasteiger partial charge in [-0.15, -0.1) is 0 Å². The molecule has 6 rings (SSSR count). The molecule has 2 heterocycles. The molecule has 2 aliphatic heterocycles. The van der Waals surface area contributed by atoms with Gasteiger partial charge < -0.3 is 4.74 Å². The van der Waals surface area contributed by atoms with Gasteiger partial charge in [-0.25, -0.2) is 0 Å². The van der Waals surface area contributed by atoms with Crippen LogP contribution in [-0.4, -0.2) is 12.2 Å². The SMILES string of the molecule is CCc1ccc(C2NC(c3ccc(CC)cc3)C3OC2C(c2ccc(CC)cc2)NC3c2ccc(CC)cc2)cc1. The highest BCUT2D eigenvalue weighted by atomic mass is 16.5. The highest BCUT2D eigenvalue weighted by Crippen LogP contribution is 2.47. The molecule has 2 fully saturated rings. The van der Waals surface area contributed by atoms with Crippen molar-refractivity contribution in [3.63, 3.8) is 0 Å². The third-order valence-corrected chi connectivity index (χ3v) is 9.33. The Hall–Kier alpha value is -3.24. The summed E-state index contributed by atoms with van der Waals surface area (Å²) in [4.78, 5) is 0. The van der Waals surface area contributed by atoms with Crippen molar-refractivity contribution >= 4 is 0 Å². The monoisotopic (exact) mass is 544 g/mol. The molecular formula is C38H44N2O. The van der Waals surface area contributed by atoms with E-state index >= 15 is 0 Å². The molecule has 4 atom stereocenters. The Kier molecular flexibility index (Phi) is 8.39. The fourth-order valence-electron chi connectivity index (χ4n) is 6.63. The minimum absolute atomic E-state index is 0.0442. The molecule has 4 aromatic rings. The third-order valence-electron chi connectivity index (χ3n) is 9.33. The Balaban J connectivity index is 1.44. The Morgan fingerprint density at radius 2 is 0.610 bits per heavy atom. The number of benzene rings is 4. The van der Waals surface area contributed by atoms with E-state index in [0.29, 0.717) is 0 Å². The number of hydrogen-bond donors (Lipinski definition) is 2. The summed E-state index contributed by atoms with van der Waals surface area (Å²) in [6.07, 6.45) is 4.08. The van der Waals surface area contributed by atoms with Crippen LogP contribution in [0.15, 0.2) is 97.1 Å². The quantitative estimate of drug-likeness (QED) is 0.235. The fraction of sp³-hybridized carbons (Fsp3) is 0.368. The molecule has 2 bridgehead atoms. The van der Waals surface area contributed by atoms with Gasteiger partial charge in [-0.3, -0.25) is 10.6 Å². The van der Waals surface area contributed by atoms with Crippen LogP contribution in [0.4, 0.5) is 0 Å². The van der Waals surface area contributed by atoms with E-state index in [1.165, 1.54) is 44.5 Å². The summed E-state index contributed by atoms with van der Waals surface area (Å²) in [7, 11) is 0. The first-order valence-corrected chi connectivity index (χ1v) is 15.6. The van der Waals surface area contributed by atoms with Gasteiger partial charge in [0.05, 0.1) is 36.4 Å². The van der Waals surface area contributed by atoms with Gasteiger partial charge in [0.2, 0.25) is 0 Å². The Morgan fingerprint density at radius 1 is 0.390 bits per heavy atom. The zero-order valence-electron chi connectivity index (χ0n) is 24.9. The summed E-state index contributed by atoms with van der Waals surface area (Å²) in [5, 5.41) is 8.29. The summed E-state index contributed by atoms with van der Waals surface area (Å²) < 4.78 is 7.29. The zero-order chi connectivity index (χ0) is 28.3. The van der Waals surface area contributed by atoms with Crippen molar-refractivity contribution in [2.24, 2.45) is 0 Å². The summed E-state index contributed by atoms with van der Waals surface area (Å²) in [5.41, 5.74) is 10.6. The number of nitrogens with one attached hydrogen (secondary N) is 2. The number of aryl methyl sites for hydroxylation is 4. The Morgan fingerprint density at radius 3 is 0.805 bits per heavy atom. The van der Waals surface area contributed by atoms with Gasteiger partial charge in [-0.05, 0) is 70.2 Å². The normalized spacial score (nSPS) is 25.7. The van der Waals surface area contributed by atoms with E-state index in [-0.39, 0.29) is 36.4 Å². The highest BCUT2D eigenvalue weighted by Gasteiger charge is 2.50. The molecule has 0 aromatic heterocycles. The maximum absolute atomic E-state index is 7.29. The van der Waals surface area contributed by atoms with Crippen LogP contribution in [0.5, 0.6) is 0 Å². The van der Waals surface area contributed by atoms with E-state index in [2.05, 4.69) is 135 Å². The van der Waals surface area contributed by atoms with Crippen molar-refractivity contribution in [2.45, 2.75) is 89.8 Å². The fourth-order valence-corrected chi connectivity index (χ4v) is 6.63. The van der Waals surface area contributed by atoms with Gasteiger partial charge in [0.25, 0.3) is 0 Å². The zero-order valence-corrected chi connectivity index (χ0v) is 24.9. The van der Waals surface area contributed by atoms with Gasteiger partial charge in [0, 0.05) is 0 Å². The van der Waals surface area contributed by atoms with Crippen molar-refractivity contribution < 1.29 is 4.74 Å². The lowest BCUT2D eigenvalue weighted by atomic mass is 9.79. The van der Waals surface area contributed by atoms with Gasteiger partial charge in [0.15, 0.2) is 0 Å². The molecule has 0 spiro atoms. The lowest BCUT2D eigenvalue weighted by Gasteiger charge is -2.53. The van der Waals surface area contributed by atoms with Crippen molar-refractivity contribution in [1.29, 1.82) is 0 Å². The highest BCUT2D eigenvalue weighted by molar-refractivity contribution is 5.37.